The van der Waals surface area contributed by atoms with Crippen LogP contribution in [-0.4, -0.2) is 28.3 Å². The number of amides is 1. The van der Waals surface area contributed by atoms with E-state index in [9.17, 15) is 4.79 Å². The number of carbonyl (C=O) groups excluding carboxylic acids is 1. The van der Waals surface area contributed by atoms with Crippen molar-refractivity contribution in [2.75, 3.05) is 11.9 Å². The first-order chi connectivity index (χ1) is 16.7. The summed E-state index contributed by atoms with van der Waals surface area (Å²) >= 11 is 0. The van der Waals surface area contributed by atoms with Crippen molar-refractivity contribution in [3.05, 3.63) is 77.1 Å². The first kappa shape index (κ1) is 26.0. The van der Waals surface area contributed by atoms with Gasteiger partial charge >= 0.3 is 0 Å². The summed E-state index contributed by atoms with van der Waals surface area (Å²) in [4.78, 5) is 17.7. The molecule has 0 unspecified atom stereocenters. The number of guanidine groups is 1. The van der Waals surface area contributed by atoms with Gasteiger partial charge in [-0.2, -0.15) is 5.10 Å². The summed E-state index contributed by atoms with van der Waals surface area (Å²) in [5.74, 6) is 0.946. The molecular weight excluding hydrogens is 438 g/mol. The van der Waals surface area contributed by atoms with Gasteiger partial charge in [0.2, 0.25) is 5.96 Å². The van der Waals surface area contributed by atoms with Crippen LogP contribution >= 0.6 is 0 Å². The van der Waals surface area contributed by atoms with Gasteiger partial charge in [-0.25, -0.2) is 4.99 Å². The minimum Gasteiger partial charge on any atom is -0.494 e. The number of carbonyl (C=O) groups is 1. The van der Waals surface area contributed by atoms with Gasteiger partial charge in [0.05, 0.1) is 18.8 Å². The molecular formula is C28H37N5O2. The molecule has 3 aromatic rings. The highest BCUT2D eigenvalue weighted by atomic mass is 16.5. The van der Waals surface area contributed by atoms with Crippen LogP contribution in [-0.2, 0) is 18.5 Å². The van der Waals surface area contributed by atoms with Crippen LogP contribution in [0.4, 0.5) is 5.69 Å². The Bertz CT molecular complexity index is 1140. The van der Waals surface area contributed by atoms with Crippen molar-refractivity contribution < 1.29 is 9.53 Å². The number of nitrogens with zero attached hydrogens (tertiary/aromatic N) is 3. The lowest BCUT2D eigenvalue weighted by molar-refractivity contribution is 0.0977. The molecule has 1 aromatic heterocycles. The number of hydrogen-bond acceptors (Lipinski definition) is 4. The smallest absolute Gasteiger partial charge is 0.257 e. The SMILES string of the molecule is CCCn1cc(CN=C(NC(=O)c2ccc(C(C)(C)C)cc2)Nc2ccc(OCC)cc2)c(C)n1. The second kappa shape index (κ2) is 11.7. The summed E-state index contributed by atoms with van der Waals surface area (Å²) in [6.07, 6.45) is 3.03. The molecule has 0 radical (unpaired) electrons. The minimum atomic E-state index is -0.221. The largest absolute Gasteiger partial charge is 0.494 e. The highest BCUT2D eigenvalue weighted by Gasteiger charge is 2.15. The van der Waals surface area contributed by atoms with Gasteiger partial charge in [-0.05, 0) is 67.6 Å². The standard InChI is InChI=1S/C28H37N5O2/c1-7-17-33-19-22(20(3)32-33)18-29-27(30-24-13-15-25(16-14-24)35-8-2)31-26(34)21-9-11-23(12-10-21)28(4,5)6/h9-16,19H,7-8,17-18H2,1-6H3,(H2,29,30,31,34). The van der Waals surface area contributed by atoms with Crippen molar-refractivity contribution in [3.63, 3.8) is 0 Å². The molecule has 0 saturated heterocycles. The molecule has 0 aliphatic heterocycles. The molecule has 7 nitrogen and oxygen atoms in total. The molecule has 1 heterocycles. The van der Waals surface area contributed by atoms with Gasteiger partial charge in [0.25, 0.3) is 5.91 Å². The highest BCUT2D eigenvalue weighted by molar-refractivity contribution is 6.10. The molecule has 0 bridgehead atoms. The van der Waals surface area contributed by atoms with Crippen molar-refractivity contribution in [1.82, 2.24) is 15.1 Å². The predicted octanol–water partition coefficient (Wildman–Crippen LogP) is 5.70. The summed E-state index contributed by atoms with van der Waals surface area (Å²) in [6, 6.07) is 15.3. The van der Waals surface area contributed by atoms with Crippen LogP contribution in [0.5, 0.6) is 5.75 Å². The maximum atomic E-state index is 13.0. The van der Waals surface area contributed by atoms with E-state index >= 15 is 0 Å². The number of aromatic nitrogens is 2. The van der Waals surface area contributed by atoms with Crippen molar-refractivity contribution in [2.45, 2.75) is 66.5 Å². The maximum absolute atomic E-state index is 13.0. The monoisotopic (exact) mass is 475 g/mol. The van der Waals surface area contributed by atoms with Crippen molar-refractivity contribution in [2.24, 2.45) is 4.99 Å². The van der Waals surface area contributed by atoms with Crippen LogP contribution < -0.4 is 15.4 Å². The number of ether oxygens (including phenoxy) is 1. The summed E-state index contributed by atoms with van der Waals surface area (Å²) < 4.78 is 7.46. The van der Waals surface area contributed by atoms with Gasteiger partial charge in [-0.15, -0.1) is 0 Å². The van der Waals surface area contributed by atoms with Crippen LogP contribution in [0.25, 0.3) is 0 Å². The van der Waals surface area contributed by atoms with E-state index < -0.39 is 0 Å². The molecule has 0 aliphatic rings. The van der Waals surface area contributed by atoms with Gasteiger partial charge in [0.1, 0.15) is 5.75 Å². The Morgan fingerprint density at radius 3 is 2.34 bits per heavy atom. The van der Waals surface area contributed by atoms with E-state index in [1.165, 1.54) is 5.56 Å². The van der Waals surface area contributed by atoms with Gasteiger partial charge in [-0.1, -0.05) is 39.8 Å². The van der Waals surface area contributed by atoms with E-state index in [1.807, 2.05) is 73.3 Å². The third kappa shape index (κ3) is 7.44. The molecule has 2 aromatic carbocycles. The molecule has 0 spiro atoms. The Morgan fingerprint density at radius 2 is 1.74 bits per heavy atom. The molecule has 2 N–H and O–H groups in total. The molecule has 1 amide bonds. The fourth-order valence-corrected chi connectivity index (χ4v) is 3.57. The summed E-state index contributed by atoms with van der Waals surface area (Å²) in [6.45, 7) is 14.4. The zero-order valence-corrected chi connectivity index (χ0v) is 21.7. The minimum absolute atomic E-state index is 0.0247. The van der Waals surface area contributed by atoms with Gasteiger partial charge < -0.3 is 10.1 Å². The number of anilines is 1. The summed E-state index contributed by atoms with van der Waals surface area (Å²) in [7, 11) is 0. The van der Waals surface area contributed by atoms with Crippen molar-refractivity contribution in [1.29, 1.82) is 0 Å². The van der Waals surface area contributed by atoms with Crippen LogP contribution in [0.1, 0.15) is 68.2 Å². The third-order valence-corrected chi connectivity index (χ3v) is 5.58. The summed E-state index contributed by atoms with van der Waals surface area (Å²) in [5.41, 5.74) is 4.53. The summed E-state index contributed by atoms with van der Waals surface area (Å²) in [5, 5.41) is 10.7. The van der Waals surface area contributed by atoms with Crippen LogP contribution in [0.3, 0.4) is 0 Å². The van der Waals surface area contributed by atoms with E-state index in [0.29, 0.717) is 24.7 Å². The Morgan fingerprint density at radius 1 is 1.06 bits per heavy atom. The highest BCUT2D eigenvalue weighted by Crippen LogP contribution is 2.22. The molecule has 3 rings (SSSR count). The van der Waals surface area contributed by atoms with Crippen LogP contribution in [0, 0.1) is 6.92 Å². The third-order valence-electron chi connectivity index (χ3n) is 5.58. The second-order valence-corrected chi connectivity index (χ2v) is 9.53. The Balaban J connectivity index is 1.81. The average molecular weight is 476 g/mol. The average Bonchev–Trinajstić information content (AvgIpc) is 3.17. The first-order valence-electron chi connectivity index (χ1n) is 12.2. The van der Waals surface area contributed by atoms with E-state index in [4.69, 9.17) is 9.73 Å². The molecule has 0 saturated carbocycles. The Labute approximate surface area is 208 Å². The Hall–Kier alpha value is -3.61. The first-order valence-corrected chi connectivity index (χ1v) is 12.2. The van der Waals surface area contributed by atoms with E-state index in [2.05, 4.69) is 43.4 Å². The van der Waals surface area contributed by atoms with Crippen LogP contribution in [0.2, 0.25) is 0 Å². The quantitative estimate of drug-likeness (QED) is 0.324. The number of hydrogen-bond donors (Lipinski definition) is 2. The lowest BCUT2D eigenvalue weighted by Crippen LogP contribution is -2.36. The van der Waals surface area contributed by atoms with Gasteiger partial charge in [-0.3, -0.25) is 14.8 Å². The zero-order valence-electron chi connectivity index (χ0n) is 21.7. The lowest BCUT2D eigenvalue weighted by Gasteiger charge is -2.19. The van der Waals surface area contributed by atoms with Crippen molar-refractivity contribution >= 4 is 17.6 Å². The Kier molecular flexibility index (Phi) is 8.68. The fourth-order valence-electron chi connectivity index (χ4n) is 3.57. The number of aryl methyl sites for hydroxylation is 2. The van der Waals surface area contributed by atoms with E-state index in [-0.39, 0.29) is 11.3 Å². The number of benzene rings is 2. The second-order valence-electron chi connectivity index (χ2n) is 9.53. The van der Waals surface area contributed by atoms with Gasteiger partial charge in [0, 0.05) is 29.6 Å². The number of nitrogens with one attached hydrogen (secondary N) is 2. The molecule has 7 heteroatoms. The number of aliphatic imine (C=N–C) groups is 1. The maximum Gasteiger partial charge on any atom is 0.257 e. The zero-order chi connectivity index (χ0) is 25.4. The molecule has 35 heavy (non-hydrogen) atoms. The van der Waals surface area contributed by atoms with E-state index in [1.54, 1.807) is 0 Å². The topological polar surface area (TPSA) is 80.5 Å². The fraction of sp³-hybridized carbons (Fsp3) is 0.393. The predicted molar refractivity (Wildman–Crippen MR) is 142 cm³/mol. The number of rotatable bonds is 8. The van der Waals surface area contributed by atoms with E-state index in [0.717, 1.165) is 35.7 Å². The van der Waals surface area contributed by atoms with Crippen molar-refractivity contribution in [3.8, 4) is 5.75 Å². The lowest BCUT2D eigenvalue weighted by atomic mass is 9.87. The van der Waals surface area contributed by atoms with Gasteiger partial charge in [0.15, 0.2) is 0 Å². The molecule has 186 valence electrons. The molecule has 0 aliphatic carbocycles. The normalized spacial score (nSPS) is 11.9. The van der Waals surface area contributed by atoms with Crippen LogP contribution in [0.15, 0.2) is 59.7 Å². The molecule has 0 fully saturated rings. The molecule has 0 atom stereocenters.